The van der Waals surface area contributed by atoms with Crippen LogP contribution in [-0.2, 0) is 6.42 Å². The van der Waals surface area contributed by atoms with Crippen LogP contribution in [0.15, 0.2) is 48.7 Å². The van der Waals surface area contributed by atoms with Crippen molar-refractivity contribution in [1.29, 1.82) is 0 Å². The van der Waals surface area contributed by atoms with Crippen molar-refractivity contribution in [3.8, 4) is 0 Å². The molecule has 3 heteroatoms. The Bertz CT molecular complexity index is 482. The summed E-state index contributed by atoms with van der Waals surface area (Å²) in [5, 5.41) is 0. The number of hydrogen-bond acceptors (Lipinski definition) is 3. The van der Waals surface area contributed by atoms with E-state index in [9.17, 15) is 0 Å². The molecule has 0 amide bonds. The van der Waals surface area contributed by atoms with Gasteiger partial charge >= 0.3 is 0 Å². The van der Waals surface area contributed by atoms with Gasteiger partial charge in [0.05, 0.1) is 0 Å². The molecule has 0 saturated heterocycles. The molecular weight excluding hydrogens is 222 g/mol. The predicted molar refractivity (Wildman–Crippen MR) is 73.8 cm³/mol. The molecule has 1 unspecified atom stereocenters. The van der Waals surface area contributed by atoms with Gasteiger partial charge in [-0.1, -0.05) is 35.9 Å². The van der Waals surface area contributed by atoms with Gasteiger partial charge in [0.25, 0.3) is 0 Å². The van der Waals surface area contributed by atoms with Gasteiger partial charge in [-0.25, -0.2) is 0 Å². The minimum Gasteiger partial charge on any atom is -0.271 e. The lowest BCUT2D eigenvalue weighted by Gasteiger charge is -2.16. The highest BCUT2D eigenvalue weighted by atomic mass is 15.2. The van der Waals surface area contributed by atoms with Crippen molar-refractivity contribution in [2.75, 3.05) is 0 Å². The summed E-state index contributed by atoms with van der Waals surface area (Å²) in [5.41, 5.74) is 6.48. The van der Waals surface area contributed by atoms with Crippen LogP contribution in [0.25, 0.3) is 0 Å². The number of nitrogens with two attached hydrogens (primary N) is 1. The molecule has 3 N–H and O–H groups in total. The molecule has 0 fully saturated rings. The van der Waals surface area contributed by atoms with Gasteiger partial charge in [-0.15, -0.1) is 0 Å². The minimum atomic E-state index is 0.173. The molecule has 0 spiro atoms. The number of nitrogens with zero attached hydrogens (tertiary/aromatic N) is 1. The Balaban J connectivity index is 2.02. The van der Waals surface area contributed by atoms with Crippen LogP contribution < -0.4 is 11.3 Å². The monoisotopic (exact) mass is 241 g/mol. The lowest BCUT2D eigenvalue weighted by molar-refractivity contribution is 0.513. The SMILES string of the molecule is Cc1cccc(C(CCc2ccccn2)NN)c1. The van der Waals surface area contributed by atoms with Crippen molar-refractivity contribution < 1.29 is 0 Å². The van der Waals surface area contributed by atoms with Crippen LogP contribution in [-0.4, -0.2) is 4.98 Å². The van der Waals surface area contributed by atoms with Crippen molar-refractivity contribution in [3.05, 3.63) is 65.5 Å². The van der Waals surface area contributed by atoms with Crippen LogP contribution in [0, 0.1) is 6.92 Å². The molecule has 1 atom stereocenters. The zero-order chi connectivity index (χ0) is 12.8. The summed E-state index contributed by atoms with van der Waals surface area (Å²) >= 11 is 0. The Kier molecular flexibility index (Phi) is 4.45. The molecule has 1 heterocycles. The van der Waals surface area contributed by atoms with Gasteiger partial charge in [0.15, 0.2) is 0 Å². The van der Waals surface area contributed by atoms with Gasteiger partial charge in [-0.05, 0) is 37.5 Å². The summed E-state index contributed by atoms with van der Waals surface area (Å²) in [7, 11) is 0. The lowest BCUT2D eigenvalue weighted by atomic mass is 10.00. The van der Waals surface area contributed by atoms with Crippen LogP contribution in [0.4, 0.5) is 0 Å². The van der Waals surface area contributed by atoms with Gasteiger partial charge in [0.2, 0.25) is 0 Å². The van der Waals surface area contributed by atoms with Gasteiger partial charge in [-0.2, -0.15) is 0 Å². The molecular formula is C15H19N3. The second-order valence-electron chi connectivity index (χ2n) is 4.49. The fourth-order valence-electron chi connectivity index (χ4n) is 2.07. The van der Waals surface area contributed by atoms with Crippen LogP contribution in [0.3, 0.4) is 0 Å². The van der Waals surface area contributed by atoms with Gasteiger partial charge in [0, 0.05) is 17.9 Å². The topological polar surface area (TPSA) is 50.9 Å². The van der Waals surface area contributed by atoms with E-state index in [0.29, 0.717) is 0 Å². The summed E-state index contributed by atoms with van der Waals surface area (Å²) in [5.74, 6) is 5.65. The molecule has 2 rings (SSSR count). The Morgan fingerprint density at radius 3 is 2.78 bits per heavy atom. The first-order valence-electron chi connectivity index (χ1n) is 6.22. The maximum absolute atomic E-state index is 5.65. The van der Waals surface area contributed by atoms with Gasteiger partial charge in [0.1, 0.15) is 0 Å². The van der Waals surface area contributed by atoms with E-state index < -0.39 is 0 Å². The van der Waals surface area contributed by atoms with E-state index in [1.807, 2.05) is 24.4 Å². The molecule has 0 aliphatic heterocycles. The first-order chi connectivity index (χ1) is 8.79. The summed E-state index contributed by atoms with van der Waals surface area (Å²) < 4.78 is 0. The molecule has 3 nitrogen and oxygen atoms in total. The van der Waals surface area contributed by atoms with Crippen LogP contribution in [0.2, 0.25) is 0 Å². The third kappa shape index (κ3) is 3.39. The summed E-state index contributed by atoms with van der Waals surface area (Å²) in [6, 6.07) is 14.6. The number of rotatable bonds is 5. The van der Waals surface area contributed by atoms with Crippen LogP contribution in [0.5, 0.6) is 0 Å². The number of nitrogens with one attached hydrogen (secondary N) is 1. The quantitative estimate of drug-likeness (QED) is 0.624. The minimum absolute atomic E-state index is 0.173. The van der Waals surface area contributed by atoms with E-state index in [-0.39, 0.29) is 6.04 Å². The van der Waals surface area contributed by atoms with Gasteiger partial charge in [-0.3, -0.25) is 16.3 Å². The zero-order valence-corrected chi connectivity index (χ0v) is 10.6. The van der Waals surface area contributed by atoms with Gasteiger partial charge < -0.3 is 0 Å². The number of hydrazine groups is 1. The van der Waals surface area contributed by atoms with Crippen molar-refractivity contribution in [2.45, 2.75) is 25.8 Å². The molecule has 1 aromatic heterocycles. The summed E-state index contributed by atoms with van der Waals surface area (Å²) in [4.78, 5) is 4.33. The maximum atomic E-state index is 5.65. The molecule has 1 aromatic carbocycles. The van der Waals surface area contributed by atoms with Crippen molar-refractivity contribution in [3.63, 3.8) is 0 Å². The van der Waals surface area contributed by atoms with Crippen molar-refractivity contribution in [1.82, 2.24) is 10.4 Å². The normalized spacial score (nSPS) is 12.3. The average molecular weight is 241 g/mol. The van der Waals surface area contributed by atoms with E-state index in [1.54, 1.807) is 0 Å². The number of benzene rings is 1. The van der Waals surface area contributed by atoms with E-state index in [4.69, 9.17) is 5.84 Å². The number of aromatic nitrogens is 1. The molecule has 0 aliphatic carbocycles. The molecule has 94 valence electrons. The number of hydrogen-bond donors (Lipinski definition) is 2. The summed E-state index contributed by atoms with van der Waals surface area (Å²) in [6.07, 6.45) is 3.69. The van der Waals surface area contributed by atoms with E-state index >= 15 is 0 Å². The third-order valence-corrected chi connectivity index (χ3v) is 3.06. The Hall–Kier alpha value is -1.71. The summed E-state index contributed by atoms with van der Waals surface area (Å²) in [6.45, 7) is 2.09. The standard InChI is InChI=1S/C15H19N3/c1-12-5-4-6-13(11-12)15(18-16)9-8-14-7-2-3-10-17-14/h2-7,10-11,15,18H,8-9,16H2,1H3. The molecule has 0 radical (unpaired) electrons. The fourth-order valence-corrected chi connectivity index (χ4v) is 2.07. The second-order valence-corrected chi connectivity index (χ2v) is 4.49. The first kappa shape index (κ1) is 12.7. The Labute approximate surface area is 108 Å². The predicted octanol–water partition coefficient (Wildman–Crippen LogP) is 2.53. The Morgan fingerprint density at radius 2 is 2.11 bits per heavy atom. The smallest absolute Gasteiger partial charge is 0.0463 e. The highest BCUT2D eigenvalue weighted by Gasteiger charge is 2.09. The zero-order valence-electron chi connectivity index (χ0n) is 10.6. The molecule has 2 aromatic rings. The van der Waals surface area contributed by atoms with E-state index in [2.05, 4.69) is 41.6 Å². The fraction of sp³-hybridized carbons (Fsp3) is 0.267. The van der Waals surface area contributed by atoms with E-state index in [0.717, 1.165) is 18.5 Å². The number of aryl methyl sites for hydroxylation is 2. The van der Waals surface area contributed by atoms with Crippen molar-refractivity contribution >= 4 is 0 Å². The number of pyridine rings is 1. The maximum Gasteiger partial charge on any atom is 0.0463 e. The molecule has 0 aliphatic rings. The second kappa shape index (κ2) is 6.28. The third-order valence-electron chi connectivity index (χ3n) is 3.06. The Morgan fingerprint density at radius 1 is 1.22 bits per heavy atom. The van der Waals surface area contributed by atoms with Crippen LogP contribution in [0.1, 0.15) is 29.3 Å². The molecule has 0 saturated carbocycles. The van der Waals surface area contributed by atoms with E-state index in [1.165, 1.54) is 11.1 Å². The van der Waals surface area contributed by atoms with Crippen LogP contribution >= 0.6 is 0 Å². The highest BCUT2D eigenvalue weighted by molar-refractivity contribution is 5.25. The molecule has 0 bridgehead atoms. The lowest BCUT2D eigenvalue weighted by Crippen LogP contribution is -2.28. The molecule has 18 heavy (non-hydrogen) atoms. The largest absolute Gasteiger partial charge is 0.271 e. The average Bonchev–Trinajstić information content (AvgIpc) is 2.41. The first-order valence-corrected chi connectivity index (χ1v) is 6.22. The highest BCUT2D eigenvalue weighted by Crippen LogP contribution is 2.18. The van der Waals surface area contributed by atoms with Crippen molar-refractivity contribution in [2.24, 2.45) is 5.84 Å².